The molecule has 0 fully saturated rings. The lowest BCUT2D eigenvalue weighted by atomic mass is 10.3. The largest absolute Gasteiger partial charge is 0.395 e. The third-order valence-corrected chi connectivity index (χ3v) is 4.07. The minimum Gasteiger partial charge on any atom is -0.395 e. The summed E-state index contributed by atoms with van der Waals surface area (Å²) in [5.41, 5.74) is 2.59. The van der Waals surface area contributed by atoms with Crippen molar-refractivity contribution in [1.29, 1.82) is 0 Å². The third kappa shape index (κ3) is 2.73. The lowest BCUT2D eigenvalue weighted by Crippen LogP contribution is -2.29. The highest BCUT2D eigenvalue weighted by molar-refractivity contribution is 7.16. The molecule has 0 spiro atoms. The Bertz CT molecular complexity index is 632. The van der Waals surface area contributed by atoms with Crippen LogP contribution in [0.25, 0.3) is 5.13 Å². The molecule has 6 nitrogen and oxygen atoms in total. The second kappa shape index (κ2) is 5.72. The molecule has 7 heteroatoms. The van der Waals surface area contributed by atoms with Crippen LogP contribution in [0.15, 0.2) is 6.07 Å². The van der Waals surface area contributed by atoms with Gasteiger partial charge in [0, 0.05) is 19.3 Å². The Morgan fingerprint density at radius 3 is 2.70 bits per heavy atom. The van der Waals surface area contributed by atoms with Crippen LogP contribution in [0.3, 0.4) is 0 Å². The average Bonchev–Trinajstić information content (AvgIpc) is 2.91. The zero-order valence-electron chi connectivity index (χ0n) is 12.0. The van der Waals surface area contributed by atoms with Gasteiger partial charge in [0.25, 0.3) is 5.91 Å². The molecule has 2 aromatic rings. The summed E-state index contributed by atoms with van der Waals surface area (Å²) in [4.78, 5) is 18.8. The number of thiazole rings is 1. The maximum absolute atomic E-state index is 12.2. The van der Waals surface area contributed by atoms with Gasteiger partial charge in [-0.15, -0.1) is 0 Å². The van der Waals surface area contributed by atoms with E-state index in [9.17, 15) is 4.79 Å². The first kappa shape index (κ1) is 14.7. The highest BCUT2D eigenvalue weighted by atomic mass is 32.1. The van der Waals surface area contributed by atoms with Crippen LogP contribution in [0, 0.1) is 20.8 Å². The van der Waals surface area contributed by atoms with E-state index in [4.69, 9.17) is 5.11 Å². The zero-order chi connectivity index (χ0) is 14.9. The monoisotopic (exact) mass is 294 g/mol. The Morgan fingerprint density at radius 1 is 1.45 bits per heavy atom. The van der Waals surface area contributed by atoms with Gasteiger partial charge in [-0.25, -0.2) is 9.67 Å². The van der Waals surface area contributed by atoms with Crippen molar-refractivity contribution in [3.8, 4) is 5.13 Å². The standard InChI is InChI=1S/C13H18N4O2S/c1-8-7-9(2)17(15-8)13-14-10(3)11(20-13)12(19)16(4)5-6-18/h7,18H,5-6H2,1-4H3. The molecule has 0 aromatic carbocycles. The summed E-state index contributed by atoms with van der Waals surface area (Å²) in [7, 11) is 1.67. The minimum absolute atomic E-state index is 0.0512. The van der Waals surface area contributed by atoms with Gasteiger partial charge >= 0.3 is 0 Å². The summed E-state index contributed by atoms with van der Waals surface area (Å²) < 4.78 is 1.75. The summed E-state index contributed by atoms with van der Waals surface area (Å²) >= 11 is 1.32. The molecule has 2 aromatic heterocycles. The Kier molecular flexibility index (Phi) is 4.20. The van der Waals surface area contributed by atoms with Gasteiger partial charge < -0.3 is 10.0 Å². The van der Waals surface area contributed by atoms with Crippen molar-refractivity contribution >= 4 is 17.2 Å². The van der Waals surface area contributed by atoms with Gasteiger partial charge in [-0.1, -0.05) is 11.3 Å². The van der Waals surface area contributed by atoms with E-state index in [1.165, 1.54) is 16.2 Å². The molecule has 0 bridgehead atoms. The number of carbonyl (C=O) groups excluding carboxylic acids is 1. The summed E-state index contributed by atoms with van der Waals surface area (Å²) in [6, 6.07) is 1.97. The van der Waals surface area contributed by atoms with Crippen molar-refractivity contribution in [2.45, 2.75) is 20.8 Å². The number of aryl methyl sites for hydroxylation is 3. The Balaban J connectivity index is 2.35. The van der Waals surface area contributed by atoms with Crippen molar-refractivity contribution in [1.82, 2.24) is 19.7 Å². The van der Waals surface area contributed by atoms with Crippen molar-refractivity contribution in [2.75, 3.05) is 20.2 Å². The van der Waals surface area contributed by atoms with E-state index in [2.05, 4.69) is 10.1 Å². The molecule has 1 amide bonds. The number of likely N-dealkylation sites (N-methyl/N-ethyl adjacent to an activating group) is 1. The average molecular weight is 294 g/mol. The topological polar surface area (TPSA) is 71.2 Å². The van der Waals surface area contributed by atoms with Crippen LogP contribution in [0.2, 0.25) is 0 Å². The van der Waals surface area contributed by atoms with Crippen molar-refractivity contribution in [3.05, 3.63) is 28.0 Å². The maximum Gasteiger partial charge on any atom is 0.265 e. The van der Waals surface area contributed by atoms with E-state index in [0.29, 0.717) is 22.2 Å². The SMILES string of the molecule is Cc1cc(C)n(-c2nc(C)c(C(=O)N(C)CCO)s2)n1. The maximum atomic E-state index is 12.2. The van der Waals surface area contributed by atoms with Gasteiger partial charge in [0.1, 0.15) is 4.88 Å². The smallest absolute Gasteiger partial charge is 0.265 e. The number of aliphatic hydroxyl groups excluding tert-OH is 1. The molecule has 0 aliphatic rings. The van der Waals surface area contributed by atoms with Crippen molar-refractivity contribution in [3.63, 3.8) is 0 Å². The lowest BCUT2D eigenvalue weighted by Gasteiger charge is -2.14. The fraction of sp³-hybridized carbons (Fsp3) is 0.462. The van der Waals surface area contributed by atoms with E-state index in [-0.39, 0.29) is 12.5 Å². The van der Waals surface area contributed by atoms with Crippen LogP contribution in [-0.4, -0.2) is 50.9 Å². The molecule has 0 atom stereocenters. The second-order valence-corrected chi connectivity index (χ2v) is 5.68. The molecule has 0 saturated heterocycles. The van der Waals surface area contributed by atoms with Gasteiger partial charge in [0.15, 0.2) is 0 Å². The minimum atomic E-state index is -0.123. The highest BCUT2D eigenvalue weighted by Gasteiger charge is 2.20. The lowest BCUT2D eigenvalue weighted by molar-refractivity contribution is 0.0771. The molecule has 2 heterocycles. The van der Waals surface area contributed by atoms with Crippen LogP contribution in [-0.2, 0) is 0 Å². The number of hydrogen-bond donors (Lipinski definition) is 1. The van der Waals surface area contributed by atoms with Crippen LogP contribution < -0.4 is 0 Å². The predicted molar refractivity (Wildman–Crippen MR) is 77.5 cm³/mol. The summed E-state index contributed by atoms with van der Waals surface area (Å²) in [5.74, 6) is -0.123. The van der Waals surface area contributed by atoms with Crippen molar-refractivity contribution in [2.24, 2.45) is 0 Å². The molecule has 20 heavy (non-hydrogen) atoms. The van der Waals surface area contributed by atoms with E-state index in [0.717, 1.165) is 11.4 Å². The molecule has 2 rings (SSSR count). The summed E-state index contributed by atoms with van der Waals surface area (Å²) in [6.07, 6.45) is 0. The molecule has 0 saturated carbocycles. The molecule has 0 unspecified atom stereocenters. The molecule has 1 N–H and O–H groups in total. The van der Waals surface area contributed by atoms with Crippen LogP contribution in [0.5, 0.6) is 0 Å². The summed E-state index contributed by atoms with van der Waals surface area (Å²) in [6.45, 7) is 5.95. The van der Waals surface area contributed by atoms with Gasteiger partial charge in [-0.2, -0.15) is 5.10 Å². The number of rotatable bonds is 4. The second-order valence-electron chi connectivity index (χ2n) is 4.70. The first-order valence-electron chi connectivity index (χ1n) is 6.31. The number of amides is 1. The molecular formula is C13H18N4O2S. The molecule has 0 aliphatic heterocycles. The van der Waals surface area contributed by atoms with Gasteiger partial charge in [0.2, 0.25) is 5.13 Å². The molecular weight excluding hydrogens is 276 g/mol. The Labute approximate surface area is 121 Å². The molecule has 0 radical (unpaired) electrons. The van der Waals surface area contributed by atoms with Crippen LogP contribution in [0.4, 0.5) is 0 Å². The quantitative estimate of drug-likeness (QED) is 0.923. The van der Waals surface area contributed by atoms with E-state index in [1.54, 1.807) is 11.7 Å². The van der Waals surface area contributed by atoms with Gasteiger partial charge in [-0.05, 0) is 26.8 Å². The van der Waals surface area contributed by atoms with Crippen LogP contribution in [0.1, 0.15) is 26.8 Å². The first-order chi connectivity index (χ1) is 9.43. The number of nitrogens with zero attached hydrogens (tertiary/aromatic N) is 4. The summed E-state index contributed by atoms with van der Waals surface area (Å²) in [5, 5.41) is 14.0. The van der Waals surface area contributed by atoms with Crippen LogP contribution >= 0.6 is 11.3 Å². The molecule has 0 aliphatic carbocycles. The number of aliphatic hydroxyl groups is 1. The number of hydrogen-bond acceptors (Lipinski definition) is 5. The predicted octanol–water partition coefficient (Wildman–Crippen LogP) is 1.32. The van der Waals surface area contributed by atoms with Gasteiger partial charge in [0.05, 0.1) is 18.0 Å². The number of carbonyl (C=O) groups is 1. The Hall–Kier alpha value is -1.73. The third-order valence-electron chi connectivity index (χ3n) is 2.95. The number of aromatic nitrogens is 3. The van der Waals surface area contributed by atoms with Gasteiger partial charge in [-0.3, -0.25) is 4.79 Å². The van der Waals surface area contributed by atoms with E-state index < -0.39 is 0 Å². The normalized spacial score (nSPS) is 10.8. The fourth-order valence-corrected chi connectivity index (χ4v) is 2.99. The fourth-order valence-electron chi connectivity index (χ4n) is 1.92. The molecule has 108 valence electrons. The van der Waals surface area contributed by atoms with E-state index in [1.807, 2.05) is 26.8 Å². The highest BCUT2D eigenvalue weighted by Crippen LogP contribution is 2.23. The van der Waals surface area contributed by atoms with Crippen molar-refractivity contribution < 1.29 is 9.90 Å². The van der Waals surface area contributed by atoms with E-state index >= 15 is 0 Å². The first-order valence-corrected chi connectivity index (χ1v) is 7.13. The Morgan fingerprint density at radius 2 is 2.15 bits per heavy atom. The zero-order valence-corrected chi connectivity index (χ0v) is 12.9.